The molecule has 3 N–H and O–H groups in total. The first kappa shape index (κ1) is 16.6. The monoisotopic (exact) mass is 343 g/mol. The van der Waals surface area contributed by atoms with Crippen molar-refractivity contribution in [3.8, 4) is 0 Å². The molecule has 1 aliphatic rings. The van der Waals surface area contributed by atoms with Gasteiger partial charge in [0, 0.05) is 12.0 Å². The minimum absolute atomic E-state index is 0.0802. The number of amides is 4. The number of urea groups is 1. The number of hydrogen-bond acceptors (Lipinski definition) is 6. The Morgan fingerprint density at radius 3 is 2.56 bits per heavy atom. The number of imide groups is 1. The van der Waals surface area contributed by atoms with Crippen molar-refractivity contribution in [1.82, 2.24) is 20.4 Å². The minimum Gasteiger partial charge on any atom is -0.366 e. The van der Waals surface area contributed by atoms with Gasteiger partial charge in [-0.2, -0.15) is 4.98 Å². The van der Waals surface area contributed by atoms with E-state index in [1.165, 1.54) is 12.1 Å². The molecule has 1 aromatic carbocycles. The van der Waals surface area contributed by atoms with E-state index in [0.29, 0.717) is 23.4 Å². The number of aryl methyl sites for hydroxylation is 1. The van der Waals surface area contributed by atoms with Crippen LogP contribution < -0.4 is 11.1 Å². The topological polar surface area (TPSA) is 131 Å². The molecule has 2 heterocycles. The second-order valence-corrected chi connectivity index (χ2v) is 5.85. The molecular weight excluding hydrogens is 326 g/mol. The lowest BCUT2D eigenvalue weighted by atomic mass is 9.91. The van der Waals surface area contributed by atoms with E-state index in [9.17, 15) is 14.4 Å². The summed E-state index contributed by atoms with van der Waals surface area (Å²) in [5, 5.41) is 6.43. The van der Waals surface area contributed by atoms with Crippen molar-refractivity contribution in [2.45, 2.75) is 32.4 Å². The summed E-state index contributed by atoms with van der Waals surface area (Å²) in [6, 6.07) is 5.65. The summed E-state index contributed by atoms with van der Waals surface area (Å²) in [6.07, 6.45) is 0.567. The van der Waals surface area contributed by atoms with Crippen LogP contribution in [0.3, 0.4) is 0 Å². The molecule has 1 aromatic heterocycles. The van der Waals surface area contributed by atoms with E-state index in [0.717, 1.165) is 4.90 Å². The van der Waals surface area contributed by atoms with Gasteiger partial charge in [-0.15, -0.1) is 0 Å². The van der Waals surface area contributed by atoms with Crippen LogP contribution in [0.1, 0.15) is 41.5 Å². The van der Waals surface area contributed by atoms with Gasteiger partial charge in [-0.1, -0.05) is 24.2 Å². The van der Waals surface area contributed by atoms with E-state index >= 15 is 0 Å². The smallest absolute Gasteiger partial charge is 0.325 e. The van der Waals surface area contributed by atoms with Gasteiger partial charge in [0.1, 0.15) is 5.54 Å². The lowest BCUT2D eigenvalue weighted by Gasteiger charge is -2.22. The SMILES string of the molecule is CCc1nc(CN2C(=O)N[C@@](C)(c3ccc(C(N)=O)cc3)C2=O)no1. The van der Waals surface area contributed by atoms with Crippen molar-refractivity contribution >= 4 is 17.8 Å². The van der Waals surface area contributed by atoms with Gasteiger partial charge in [0.25, 0.3) is 5.91 Å². The Morgan fingerprint density at radius 2 is 2.00 bits per heavy atom. The summed E-state index contributed by atoms with van der Waals surface area (Å²) in [5.74, 6) is -0.309. The van der Waals surface area contributed by atoms with Crippen LogP contribution in [0.15, 0.2) is 28.8 Å². The van der Waals surface area contributed by atoms with Gasteiger partial charge in [-0.3, -0.25) is 14.5 Å². The van der Waals surface area contributed by atoms with Crippen LogP contribution in [0.2, 0.25) is 0 Å². The molecular formula is C16H17N5O4. The quantitative estimate of drug-likeness (QED) is 0.768. The number of benzene rings is 1. The third kappa shape index (κ3) is 2.84. The first-order chi connectivity index (χ1) is 11.8. The zero-order chi connectivity index (χ0) is 18.2. The van der Waals surface area contributed by atoms with Crippen LogP contribution in [0.4, 0.5) is 4.79 Å². The first-order valence-electron chi connectivity index (χ1n) is 7.71. The van der Waals surface area contributed by atoms with Crippen molar-refractivity contribution in [3.05, 3.63) is 47.1 Å². The fraction of sp³-hybridized carbons (Fsp3) is 0.312. The number of carbonyl (C=O) groups is 3. The molecule has 3 rings (SSSR count). The molecule has 0 aliphatic carbocycles. The van der Waals surface area contributed by atoms with Gasteiger partial charge in [-0.25, -0.2) is 4.79 Å². The lowest BCUT2D eigenvalue weighted by Crippen LogP contribution is -2.40. The van der Waals surface area contributed by atoms with Gasteiger partial charge in [0.2, 0.25) is 11.8 Å². The Kier molecular flexibility index (Phi) is 3.99. The highest BCUT2D eigenvalue weighted by atomic mass is 16.5. The number of aromatic nitrogens is 2. The van der Waals surface area contributed by atoms with E-state index < -0.39 is 23.4 Å². The number of primary amides is 1. The molecule has 25 heavy (non-hydrogen) atoms. The van der Waals surface area contributed by atoms with Crippen molar-refractivity contribution in [3.63, 3.8) is 0 Å². The molecule has 1 aliphatic heterocycles. The maximum atomic E-state index is 12.8. The zero-order valence-electron chi connectivity index (χ0n) is 13.8. The third-order valence-electron chi connectivity index (χ3n) is 4.13. The highest BCUT2D eigenvalue weighted by Crippen LogP contribution is 2.29. The van der Waals surface area contributed by atoms with Gasteiger partial charge in [0.15, 0.2) is 5.82 Å². The Labute approximate surface area is 143 Å². The van der Waals surface area contributed by atoms with E-state index in [1.807, 2.05) is 6.92 Å². The van der Waals surface area contributed by atoms with Crippen molar-refractivity contribution in [2.24, 2.45) is 5.73 Å². The second-order valence-electron chi connectivity index (χ2n) is 5.85. The average Bonchev–Trinajstić information content (AvgIpc) is 3.14. The van der Waals surface area contributed by atoms with Crippen molar-refractivity contribution in [2.75, 3.05) is 0 Å². The van der Waals surface area contributed by atoms with Crippen molar-refractivity contribution < 1.29 is 18.9 Å². The largest absolute Gasteiger partial charge is 0.366 e. The van der Waals surface area contributed by atoms with Gasteiger partial charge in [-0.05, 0) is 24.6 Å². The van der Waals surface area contributed by atoms with Crippen LogP contribution >= 0.6 is 0 Å². The Bertz CT molecular complexity index is 844. The van der Waals surface area contributed by atoms with Gasteiger partial charge < -0.3 is 15.6 Å². The predicted octanol–water partition coefficient (Wildman–Crippen LogP) is 0.698. The van der Waals surface area contributed by atoms with Crippen LogP contribution in [-0.2, 0) is 23.3 Å². The van der Waals surface area contributed by atoms with Crippen LogP contribution in [0.5, 0.6) is 0 Å². The average molecular weight is 343 g/mol. The summed E-state index contributed by atoms with van der Waals surface area (Å²) in [7, 11) is 0. The lowest BCUT2D eigenvalue weighted by molar-refractivity contribution is -0.131. The van der Waals surface area contributed by atoms with Crippen LogP contribution in [-0.4, -0.2) is 32.9 Å². The van der Waals surface area contributed by atoms with E-state index in [1.54, 1.807) is 19.1 Å². The maximum Gasteiger partial charge on any atom is 0.325 e. The minimum atomic E-state index is -1.25. The molecule has 1 saturated heterocycles. The molecule has 0 unspecified atom stereocenters. The molecule has 130 valence electrons. The maximum absolute atomic E-state index is 12.8. The fourth-order valence-electron chi connectivity index (χ4n) is 2.64. The van der Waals surface area contributed by atoms with Gasteiger partial charge in [0.05, 0.1) is 6.54 Å². The van der Waals surface area contributed by atoms with Crippen LogP contribution in [0.25, 0.3) is 0 Å². The molecule has 1 atom stereocenters. The normalized spacial score (nSPS) is 20.0. The molecule has 2 aromatic rings. The van der Waals surface area contributed by atoms with Crippen molar-refractivity contribution in [1.29, 1.82) is 0 Å². The highest BCUT2D eigenvalue weighted by Gasteiger charge is 2.49. The number of nitrogens with two attached hydrogens (primary N) is 1. The predicted molar refractivity (Wildman–Crippen MR) is 85.1 cm³/mol. The third-order valence-corrected chi connectivity index (χ3v) is 4.13. The Morgan fingerprint density at radius 1 is 1.32 bits per heavy atom. The van der Waals surface area contributed by atoms with E-state index in [4.69, 9.17) is 10.3 Å². The molecule has 4 amide bonds. The Balaban J connectivity index is 1.84. The van der Waals surface area contributed by atoms with Crippen LogP contribution in [0, 0.1) is 0 Å². The van der Waals surface area contributed by atoms with E-state index in [2.05, 4.69) is 15.5 Å². The number of nitrogens with one attached hydrogen (secondary N) is 1. The molecule has 9 nitrogen and oxygen atoms in total. The number of rotatable bonds is 5. The highest BCUT2D eigenvalue weighted by molar-refractivity contribution is 6.07. The standard InChI is InChI=1S/C16H17N5O4/c1-3-12-18-11(20-25-12)8-21-14(23)16(2,19-15(21)24)10-6-4-9(5-7-10)13(17)22/h4-7H,3,8H2,1-2H3,(H2,17,22)(H,19,24)/t16-/m0/s1. The molecule has 0 spiro atoms. The van der Waals surface area contributed by atoms with Gasteiger partial charge >= 0.3 is 6.03 Å². The number of nitrogens with zero attached hydrogens (tertiary/aromatic N) is 3. The molecule has 0 saturated carbocycles. The summed E-state index contributed by atoms with van der Waals surface area (Å²) in [6.45, 7) is 3.38. The summed E-state index contributed by atoms with van der Waals surface area (Å²) in [4.78, 5) is 41.4. The Hall–Kier alpha value is -3.23. The first-order valence-corrected chi connectivity index (χ1v) is 7.71. The molecule has 0 bridgehead atoms. The molecule has 0 radical (unpaired) electrons. The zero-order valence-corrected chi connectivity index (χ0v) is 13.8. The number of hydrogen-bond donors (Lipinski definition) is 2. The fourth-order valence-corrected chi connectivity index (χ4v) is 2.64. The molecule has 1 fully saturated rings. The molecule has 9 heteroatoms. The summed E-state index contributed by atoms with van der Waals surface area (Å²) in [5.41, 5.74) is 4.83. The summed E-state index contributed by atoms with van der Waals surface area (Å²) >= 11 is 0. The van der Waals surface area contributed by atoms with E-state index in [-0.39, 0.29) is 12.4 Å². The second kappa shape index (κ2) is 6.00. The summed E-state index contributed by atoms with van der Waals surface area (Å²) < 4.78 is 4.99. The number of carbonyl (C=O) groups excluding carboxylic acids is 3.